The summed E-state index contributed by atoms with van der Waals surface area (Å²) in [5, 5.41) is 10.6. The van der Waals surface area contributed by atoms with Crippen molar-refractivity contribution in [2.24, 2.45) is 0 Å². The summed E-state index contributed by atoms with van der Waals surface area (Å²) in [6, 6.07) is 15.7. The molecule has 4 N–H and O–H groups in total. The second-order valence-electron chi connectivity index (χ2n) is 13.6. The first-order valence-corrected chi connectivity index (χ1v) is 17.0. The van der Waals surface area contributed by atoms with Gasteiger partial charge in [-0.25, -0.2) is 4.79 Å². The normalized spacial score (nSPS) is 23.5. The lowest BCUT2D eigenvalue weighted by Gasteiger charge is -2.41. The topological polar surface area (TPSA) is 110 Å². The van der Waals surface area contributed by atoms with E-state index < -0.39 is 6.04 Å². The van der Waals surface area contributed by atoms with Crippen molar-refractivity contribution in [3.05, 3.63) is 71.4 Å². The molecule has 1 spiro atoms. The van der Waals surface area contributed by atoms with Crippen molar-refractivity contribution in [3.8, 4) is 0 Å². The highest BCUT2D eigenvalue weighted by molar-refractivity contribution is 5.90. The van der Waals surface area contributed by atoms with Gasteiger partial charge in [0.15, 0.2) is 0 Å². The molecule has 2 aromatic carbocycles. The summed E-state index contributed by atoms with van der Waals surface area (Å²) < 4.78 is 0. The lowest BCUT2D eigenvalue weighted by Crippen LogP contribution is -2.57. The van der Waals surface area contributed by atoms with E-state index in [1.165, 1.54) is 17.5 Å². The molecule has 0 saturated carbocycles. The fourth-order valence-electron chi connectivity index (χ4n) is 8.38. The number of hydrogen-bond donors (Lipinski definition) is 4. The van der Waals surface area contributed by atoms with Gasteiger partial charge in [-0.2, -0.15) is 0 Å². The summed E-state index contributed by atoms with van der Waals surface area (Å²) in [5.74, 6) is 0.134. The van der Waals surface area contributed by atoms with E-state index in [1.54, 1.807) is 0 Å². The quantitative estimate of drug-likeness (QED) is 0.336. The Kier molecular flexibility index (Phi) is 8.53. The van der Waals surface area contributed by atoms with Crippen LogP contribution in [0.3, 0.4) is 0 Å². The van der Waals surface area contributed by atoms with Crippen LogP contribution in [0.4, 0.5) is 4.79 Å². The molecule has 7 rings (SSSR count). The Morgan fingerprint density at radius 2 is 1.69 bits per heavy atom. The molecule has 1 aliphatic carbocycles. The first-order chi connectivity index (χ1) is 22.0. The number of aromatic amines is 1. The fraction of sp³-hybridized carbons (Fsp3) is 0.528. The van der Waals surface area contributed by atoms with Gasteiger partial charge < -0.3 is 30.7 Å². The van der Waals surface area contributed by atoms with Crippen LogP contribution in [0.25, 0.3) is 10.9 Å². The summed E-state index contributed by atoms with van der Waals surface area (Å²) in [4.78, 5) is 48.5. The molecule has 1 unspecified atom stereocenters. The first kappa shape index (κ1) is 29.8. The summed E-state index contributed by atoms with van der Waals surface area (Å²) in [5.41, 5.74) is 4.40. The Morgan fingerprint density at radius 1 is 0.911 bits per heavy atom. The highest BCUT2D eigenvalue weighted by atomic mass is 16.2. The maximum atomic E-state index is 14.2. The standard InChI is InChI=1S/C36H46N6O3/c43-33(41-17-6-1-7-18-41)29-22-36(30-12-4-2-11-28(29)30)14-19-42(20-15-36)34(44)32(40-35(45)39-26-9-8-16-37-24-26)21-25-23-38-31-13-5-3-10-27(25)31/h2-5,10-13,23,26,29,32,37-38H,1,6-9,14-22,24H2,(H2,39,40,45)/t26?,29-,32-/m1/s1. The van der Waals surface area contributed by atoms with Gasteiger partial charge in [0.05, 0.1) is 5.92 Å². The Labute approximate surface area is 265 Å². The van der Waals surface area contributed by atoms with E-state index in [0.29, 0.717) is 19.5 Å². The van der Waals surface area contributed by atoms with Gasteiger partial charge >= 0.3 is 6.03 Å². The lowest BCUT2D eigenvalue weighted by molar-refractivity contribution is -0.136. The molecule has 0 bridgehead atoms. The van der Waals surface area contributed by atoms with Crippen molar-refractivity contribution in [1.29, 1.82) is 0 Å². The number of amides is 4. The van der Waals surface area contributed by atoms with Crippen LogP contribution in [0.5, 0.6) is 0 Å². The zero-order valence-corrected chi connectivity index (χ0v) is 26.2. The molecular weight excluding hydrogens is 564 g/mol. The van der Waals surface area contributed by atoms with Crippen LogP contribution in [0, 0.1) is 0 Å². The maximum absolute atomic E-state index is 14.2. The average molecular weight is 611 g/mol. The van der Waals surface area contributed by atoms with Gasteiger partial charge in [-0.05, 0) is 80.7 Å². The summed E-state index contributed by atoms with van der Waals surface area (Å²) in [7, 11) is 0. The number of likely N-dealkylation sites (tertiary alicyclic amines) is 2. The van der Waals surface area contributed by atoms with Gasteiger partial charge in [0.25, 0.3) is 0 Å². The Balaban J connectivity index is 1.07. The van der Waals surface area contributed by atoms with Crippen molar-refractivity contribution in [2.75, 3.05) is 39.3 Å². The number of nitrogens with one attached hydrogen (secondary N) is 4. The predicted molar refractivity (Wildman–Crippen MR) is 175 cm³/mol. The van der Waals surface area contributed by atoms with Gasteiger partial charge in [0.2, 0.25) is 11.8 Å². The summed E-state index contributed by atoms with van der Waals surface area (Å²) in [6.07, 6.45) is 10.2. The van der Waals surface area contributed by atoms with Crippen molar-refractivity contribution >= 4 is 28.7 Å². The number of fused-ring (bicyclic) bond motifs is 3. The monoisotopic (exact) mass is 610 g/mol. The van der Waals surface area contributed by atoms with E-state index >= 15 is 0 Å². The molecule has 4 aliphatic rings. The number of H-pyrrole nitrogens is 1. The van der Waals surface area contributed by atoms with E-state index in [2.05, 4.69) is 56.2 Å². The number of carbonyl (C=O) groups excluding carboxylic acids is 3. The largest absolute Gasteiger partial charge is 0.361 e. The predicted octanol–water partition coefficient (Wildman–Crippen LogP) is 4.19. The molecule has 238 valence electrons. The second kappa shape index (κ2) is 12.9. The van der Waals surface area contributed by atoms with E-state index in [-0.39, 0.29) is 35.2 Å². The lowest BCUT2D eigenvalue weighted by atomic mass is 9.73. The summed E-state index contributed by atoms with van der Waals surface area (Å²) in [6.45, 7) is 4.65. The molecule has 0 radical (unpaired) electrons. The van der Waals surface area contributed by atoms with E-state index in [9.17, 15) is 14.4 Å². The van der Waals surface area contributed by atoms with Crippen molar-refractivity contribution < 1.29 is 14.4 Å². The van der Waals surface area contributed by atoms with Crippen LogP contribution in [0.1, 0.15) is 74.0 Å². The van der Waals surface area contributed by atoms with Gasteiger partial charge in [-0.1, -0.05) is 42.5 Å². The van der Waals surface area contributed by atoms with Gasteiger partial charge in [-0.15, -0.1) is 0 Å². The summed E-state index contributed by atoms with van der Waals surface area (Å²) >= 11 is 0. The van der Waals surface area contributed by atoms with Crippen LogP contribution < -0.4 is 16.0 Å². The highest BCUT2D eigenvalue weighted by Crippen LogP contribution is 2.52. The number of hydrogen-bond acceptors (Lipinski definition) is 4. The molecule has 3 saturated heterocycles. The molecule has 45 heavy (non-hydrogen) atoms. The van der Waals surface area contributed by atoms with Crippen molar-refractivity contribution in [2.45, 2.75) is 81.2 Å². The SMILES string of the molecule is O=C(NC1CCCNC1)N[C@H](Cc1c[nH]c2ccccc12)C(=O)N1CCC2(CC1)C[C@@H](C(=O)N1CCCCC1)c1ccccc12. The zero-order valence-electron chi connectivity index (χ0n) is 26.2. The maximum Gasteiger partial charge on any atom is 0.315 e. The number of aromatic nitrogens is 1. The number of benzene rings is 2. The second-order valence-corrected chi connectivity index (χ2v) is 13.6. The molecule has 4 amide bonds. The molecular formula is C36H46N6O3. The van der Waals surface area contributed by atoms with Crippen LogP contribution in [0.15, 0.2) is 54.7 Å². The van der Waals surface area contributed by atoms with Gasteiger partial charge in [-0.3, -0.25) is 9.59 Å². The molecule has 1 aromatic heterocycles. The minimum absolute atomic E-state index is 0.0423. The van der Waals surface area contributed by atoms with Crippen LogP contribution in [0.2, 0.25) is 0 Å². The Morgan fingerprint density at radius 3 is 2.49 bits per heavy atom. The Hall–Kier alpha value is -3.85. The van der Waals surface area contributed by atoms with Crippen molar-refractivity contribution in [1.82, 2.24) is 30.7 Å². The molecule has 9 nitrogen and oxygen atoms in total. The number of rotatable bonds is 6. The number of para-hydroxylation sites is 1. The number of nitrogens with zero attached hydrogens (tertiary/aromatic N) is 2. The number of carbonyl (C=O) groups is 3. The molecule has 9 heteroatoms. The molecule has 3 aromatic rings. The fourth-order valence-corrected chi connectivity index (χ4v) is 8.38. The number of urea groups is 1. The van der Waals surface area contributed by atoms with E-state index in [4.69, 9.17) is 0 Å². The van der Waals surface area contributed by atoms with Crippen LogP contribution >= 0.6 is 0 Å². The van der Waals surface area contributed by atoms with Crippen LogP contribution in [-0.2, 0) is 21.4 Å². The van der Waals surface area contributed by atoms with E-state index in [1.807, 2.05) is 29.3 Å². The molecule has 3 fully saturated rings. The first-order valence-electron chi connectivity index (χ1n) is 17.0. The molecule has 3 atom stereocenters. The minimum Gasteiger partial charge on any atom is -0.361 e. The smallest absolute Gasteiger partial charge is 0.315 e. The van der Waals surface area contributed by atoms with Gasteiger partial charge in [0, 0.05) is 67.7 Å². The average Bonchev–Trinajstić information content (AvgIpc) is 3.64. The van der Waals surface area contributed by atoms with E-state index in [0.717, 1.165) is 87.6 Å². The van der Waals surface area contributed by atoms with Gasteiger partial charge in [0.1, 0.15) is 6.04 Å². The van der Waals surface area contributed by atoms with Crippen LogP contribution in [-0.4, -0.2) is 84.0 Å². The zero-order chi connectivity index (χ0) is 30.8. The third-order valence-corrected chi connectivity index (χ3v) is 10.8. The highest BCUT2D eigenvalue weighted by Gasteiger charge is 2.49. The Bertz CT molecular complexity index is 1530. The third kappa shape index (κ3) is 6.07. The minimum atomic E-state index is -0.681. The molecule has 3 aliphatic heterocycles. The third-order valence-electron chi connectivity index (χ3n) is 10.8. The number of piperidine rings is 3. The molecule has 4 heterocycles. The van der Waals surface area contributed by atoms with Crippen molar-refractivity contribution in [3.63, 3.8) is 0 Å².